The van der Waals surface area contributed by atoms with Crippen molar-refractivity contribution in [3.63, 3.8) is 0 Å². The summed E-state index contributed by atoms with van der Waals surface area (Å²) in [4.78, 5) is 24.3. The molecule has 0 bridgehead atoms. The zero-order valence-corrected chi connectivity index (χ0v) is 11.8. The molecule has 0 spiro atoms. The highest BCUT2D eigenvalue weighted by Crippen LogP contribution is 2.21. The van der Waals surface area contributed by atoms with Crippen molar-refractivity contribution in [2.45, 2.75) is 12.8 Å². The molecular formula is C16H17NO4. The maximum atomic E-state index is 12.3. The minimum absolute atomic E-state index is 0.0622. The molecule has 1 amide bonds. The summed E-state index contributed by atoms with van der Waals surface area (Å²) in [5.41, 5.74) is 2.40. The van der Waals surface area contributed by atoms with Crippen LogP contribution in [0, 0.1) is 0 Å². The topological polar surface area (TPSA) is 70.8 Å². The smallest absolute Gasteiger partial charge is 0.303 e. The van der Waals surface area contributed by atoms with Gasteiger partial charge in [-0.25, -0.2) is 0 Å². The number of carboxylic acid groups (broad SMARTS) is 1. The lowest BCUT2D eigenvalue weighted by molar-refractivity contribution is -0.137. The van der Waals surface area contributed by atoms with Gasteiger partial charge in [-0.05, 0) is 30.2 Å². The molecule has 1 aromatic carbocycles. The SMILES string of the molecule is CN(CCCC(=O)O)C(=O)c1cccc(-c2ccoc2)c1. The fourth-order valence-electron chi connectivity index (χ4n) is 2.05. The molecule has 5 heteroatoms. The number of benzene rings is 1. The van der Waals surface area contributed by atoms with Crippen molar-refractivity contribution < 1.29 is 19.1 Å². The van der Waals surface area contributed by atoms with Gasteiger partial charge in [-0.3, -0.25) is 9.59 Å². The average Bonchev–Trinajstić information content (AvgIpc) is 3.00. The molecule has 0 unspecified atom stereocenters. The van der Waals surface area contributed by atoms with Gasteiger partial charge in [-0.2, -0.15) is 0 Å². The number of carboxylic acids is 1. The van der Waals surface area contributed by atoms with E-state index in [-0.39, 0.29) is 12.3 Å². The van der Waals surface area contributed by atoms with Crippen molar-refractivity contribution in [2.75, 3.05) is 13.6 Å². The van der Waals surface area contributed by atoms with E-state index in [0.29, 0.717) is 18.5 Å². The minimum atomic E-state index is -0.849. The second-order valence-corrected chi connectivity index (χ2v) is 4.82. The van der Waals surface area contributed by atoms with E-state index in [9.17, 15) is 9.59 Å². The van der Waals surface area contributed by atoms with Crippen LogP contribution in [0.4, 0.5) is 0 Å². The van der Waals surface area contributed by atoms with Crippen LogP contribution in [0.1, 0.15) is 23.2 Å². The Hall–Kier alpha value is -2.56. The van der Waals surface area contributed by atoms with E-state index < -0.39 is 5.97 Å². The van der Waals surface area contributed by atoms with Gasteiger partial charge in [0.05, 0.1) is 12.5 Å². The number of carbonyl (C=O) groups is 2. The summed E-state index contributed by atoms with van der Waals surface area (Å²) in [6, 6.07) is 9.12. The quantitative estimate of drug-likeness (QED) is 0.886. The molecule has 110 valence electrons. The molecule has 0 aliphatic heterocycles. The normalized spacial score (nSPS) is 10.3. The van der Waals surface area contributed by atoms with Crippen LogP contribution in [0.3, 0.4) is 0 Å². The number of amides is 1. The Morgan fingerprint density at radius 2 is 2.05 bits per heavy atom. The molecule has 0 saturated carbocycles. The second kappa shape index (κ2) is 6.74. The van der Waals surface area contributed by atoms with E-state index in [4.69, 9.17) is 9.52 Å². The van der Waals surface area contributed by atoms with Crippen LogP contribution in [0.25, 0.3) is 11.1 Å². The molecule has 2 aromatic rings. The summed E-state index contributed by atoms with van der Waals surface area (Å²) in [6.45, 7) is 0.418. The minimum Gasteiger partial charge on any atom is -0.481 e. The van der Waals surface area contributed by atoms with Gasteiger partial charge in [0.1, 0.15) is 0 Å². The molecule has 0 aliphatic rings. The zero-order chi connectivity index (χ0) is 15.2. The summed E-state index contributed by atoms with van der Waals surface area (Å²) < 4.78 is 5.04. The number of hydrogen-bond donors (Lipinski definition) is 1. The second-order valence-electron chi connectivity index (χ2n) is 4.82. The summed E-state index contributed by atoms with van der Waals surface area (Å²) in [6.07, 6.45) is 3.72. The van der Waals surface area contributed by atoms with Gasteiger partial charge in [-0.15, -0.1) is 0 Å². The average molecular weight is 287 g/mol. The predicted molar refractivity (Wildman–Crippen MR) is 78.0 cm³/mol. The third kappa shape index (κ3) is 3.95. The van der Waals surface area contributed by atoms with E-state index in [2.05, 4.69) is 0 Å². The van der Waals surface area contributed by atoms with E-state index in [1.54, 1.807) is 31.7 Å². The van der Waals surface area contributed by atoms with Crippen LogP contribution in [-0.4, -0.2) is 35.5 Å². The van der Waals surface area contributed by atoms with E-state index in [1.807, 2.05) is 18.2 Å². The molecule has 0 radical (unpaired) electrons. The molecule has 5 nitrogen and oxygen atoms in total. The molecular weight excluding hydrogens is 270 g/mol. The molecule has 0 saturated heterocycles. The van der Waals surface area contributed by atoms with Gasteiger partial charge in [-0.1, -0.05) is 12.1 Å². The number of furan rings is 1. The molecule has 0 fully saturated rings. The first-order valence-electron chi connectivity index (χ1n) is 6.68. The highest BCUT2D eigenvalue weighted by molar-refractivity contribution is 5.95. The standard InChI is InChI=1S/C16H17NO4/c1-17(8-3-6-15(18)19)16(20)13-5-2-4-12(10-13)14-7-9-21-11-14/h2,4-5,7,9-11H,3,6,8H2,1H3,(H,18,19). The number of aliphatic carboxylic acids is 1. The maximum Gasteiger partial charge on any atom is 0.303 e. The third-order valence-electron chi connectivity index (χ3n) is 3.19. The highest BCUT2D eigenvalue weighted by atomic mass is 16.4. The molecule has 0 aliphatic carbocycles. The lowest BCUT2D eigenvalue weighted by Gasteiger charge is -2.17. The Bertz CT molecular complexity index is 619. The van der Waals surface area contributed by atoms with Crippen molar-refractivity contribution in [3.8, 4) is 11.1 Å². The van der Waals surface area contributed by atoms with Gasteiger partial charge >= 0.3 is 5.97 Å². The molecule has 1 heterocycles. The van der Waals surface area contributed by atoms with Crippen LogP contribution in [0.5, 0.6) is 0 Å². The predicted octanol–water partition coefficient (Wildman–Crippen LogP) is 2.88. The summed E-state index contributed by atoms with van der Waals surface area (Å²) in [5.74, 6) is -0.969. The molecule has 0 atom stereocenters. The lowest BCUT2D eigenvalue weighted by atomic mass is 10.1. The number of rotatable bonds is 6. The third-order valence-corrected chi connectivity index (χ3v) is 3.19. The Labute approximate surface area is 122 Å². The van der Waals surface area contributed by atoms with Gasteiger partial charge in [0.25, 0.3) is 5.91 Å². The largest absolute Gasteiger partial charge is 0.481 e. The van der Waals surface area contributed by atoms with Crippen molar-refractivity contribution in [1.82, 2.24) is 4.90 Å². The fourth-order valence-corrected chi connectivity index (χ4v) is 2.05. The van der Waals surface area contributed by atoms with Crippen LogP contribution >= 0.6 is 0 Å². The van der Waals surface area contributed by atoms with Crippen LogP contribution in [-0.2, 0) is 4.79 Å². The van der Waals surface area contributed by atoms with Gasteiger partial charge in [0.15, 0.2) is 0 Å². The molecule has 1 aromatic heterocycles. The highest BCUT2D eigenvalue weighted by Gasteiger charge is 2.13. The molecule has 1 N–H and O–H groups in total. The molecule has 2 rings (SSSR count). The summed E-state index contributed by atoms with van der Waals surface area (Å²) >= 11 is 0. The van der Waals surface area contributed by atoms with Gasteiger partial charge in [0, 0.05) is 31.1 Å². The van der Waals surface area contributed by atoms with Gasteiger partial charge < -0.3 is 14.4 Å². The van der Waals surface area contributed by atoms with Crippen molar-refractivity contribution in [1.29, 1.82) is 0 Å². The van der Waals surface area contributed by atoms with E-state index in [0.717, 1.165) is 11.1 Å². The monoisotopic (exact) mass is 287 g/mol. The lowest BCUT2D eigenvalue weighted by Crippen LogP contribution is -2.28. The molecule has 21 heavy (non-hydrogen) atoms. The first-order valence-corrected chi connectivity index (χ1v) is 6.68. The van der Waals surface area contributed by atoms with Crippen molar-refractivity contribution in [2.24, 2.45) is 0 Å². The van der Waals surface area contributed by atoms with Crippen LogP contribution in [0.2, 0.25) is 0 Å². The number of nitrogens with zero attached hydrogens (tertiary/aromatic N) is 1. The first-order chi connectivity index (χ1) is 10.1. The maximum absolute atomic E-state index is 12.3. The summed E-state index contributed by atoms with van der Waals surface area (Å²) in [7, 11) is 1.68. The Morgan fingerprint density at radius 1 is 1.24 bits per heavy atom. The van der Waals surface area contributed by atoms with Gasteiger partial charge in [0.2, 0.25) is 0 Å². The summed E-state index contributed by atoms with van der Waals surface area (Å²) in [5, 5.41) is 8.61. The fraction of sp³-hybridized carbons (Fsp3) is 0.250. The van der Waals surface area contributed by atoms with Crippen LogP contribution in [0.15, 0.2) is 47.3 Å². The van der Waals surface area contributed by atoms with Crippen molar-refractivity contribution >= 4 is 11.9 Å². The van der Waals surface area contributed by atoms with Crippen LogP contribution < -0.4 is 0 Å². The number of hydrogen-bond acceptors (Lipinski definition) is 3. The Balaban J connectivity index is 2.05. The number of carbonyl (C=O) groups excluding carboxylic acids is 1. The Morgan fingerprint density at radius 3 is 2.71 bits per heavy atom. The zero-order valence-electron chi connectivity index (χ0n) is 11.8. The van der Waals surface area contributed by atoms with Crippen molar-refractivity contribution in [3.05, 3.63) is 48.4 Å². The first kappa shape index (κ1) is 14.8. The Kier molecular flexibility index (Phi) is 4.77. The van der Waals surface area contributed by atoms with E-state index >= 15 is 0 Å². The van der Waals surface area contributed by atoms with E-state index in [1.165, 1.54) is 4.90 Å².